The number of aliphatic carboxylic acids is 1. The largest absolute Gasteiger partial charge is 0.497 e. The second-order valence-electron chi connectivity index (χ2n) is 4.87. The van der Waals surface area contributed by atoms with Crippen LogP contribution in [-0.4, -0.2) is 31.3 Å². The zero-order valence-electron chi connectivity index (χ0n) is 10.9. The second kappa shape index (κ2) is 5.91. The standard InChI is InChI=1S/C14H18FNO3/c1-19-11-4-5-12(15)13(8-11)16-6-2-3-10(9-16)7-14(17)18/h4-5,8,10H,2-3,6-7,9H2,1H3,(H,17,18). The van der Waals surface area contributed by atoms with Crippen LogP contribution in [0.5, 0.6) is 5.75 Å². The molecule has 1 N–H and O–H groups in total. The monoisotopic (exact) mass is 267 g/mol. The Labute approximate surface area is 111 Å². The predicted octanol–water partition coefficient (Wildman–Crippen LogP) is 2.53. The lowest BCUT2D eigenvalue weighted by Crippen LogP contribution is -2.36. The van der Waals surface area contributed by atoms with Gasteiger partial charge in [0.05, 0.1) is 12.8 Å². The van der Waals surface area contributed by atoms with Gasteiger partial charge >= 0.3 is 5.97 Å². The smallest absolute Gasteiger partial charge is 0.303 e. The number of carboxylic acid groups (broad SMARTS) is 1. The molecule has 1 aromatic rings. The first-order valence-electron chi connectivity index (χ1n) is 6.40. The van der Waals surface area contributed by atoms with Crippen molar-refractivity contribution in [1.82, 2.24) is 0 Å². The summed E-state index contributed by atoms with van der Waals surface area (Å²) in [6, 6.07) is 4.63. The number of rotatable bonds is 4. The van der Waals surface area contributed by atoms with Gasteiger partial charge in [-0.1, -0.05) is 0 Å². The van der Waals surface area contributed by atoms with Crippen molar-refractivity contribution in [2.45, 2.75) is 19.3 Å². The Hall–Kier alpha value is -1.78. The third-order valence-electron chi connectivity index (χ3n) is 3.48. The number of carboxylic acids is 1. The molecule has 0 bridgehead atoms. The number of ether oxygens (including phenoxy) is 1. The first kappa shape index (κ1) is 13.6. The minimum atomic E-state index is -0.794. The molecule has 4 nitrogen and oxygen atoms in total. The van der Waals surface area contributed by atoms with Crippen molar-refractivity contribution in [3.63, 3.8) is 0 Å². The van der Waals surface area contributed by atoms with Gasteiger partial charge in [0.2, 0.25) is 0 Å². The molecule has 1 aliphatic rings. The maximum absolute atomic E-state index is 13.9. The van der Waals surface area contributed by atoms with Gasteiger partial charge in [-0.25, -0.2) is 4.39 Å². The Morgan fingerprint density at radius 1 is 1.58 bits per heavy atom. The molecule has 1 unspecified atom stereocenters. The van der Waals surface area contributed by atoms with E-state index >= 15 is 0 Å². The highest BCUT2D eigenvalue weighted by Gasteiger charge is 2.24. The summed E-state index contributed by atoms with van der Waals surface area (Å²) >= 11 is 0. The zero-order chi connectivity index (χ0) is 13.8. The van der Waals surface area contributed by atoms with E-state index in [0.29, 0.717) is 18.0 Å². The van der Waals surface area contributed by atoms with Crippen molar-refractivity contribution in [1.29, 1.82) is 0 Å². The van der Waals surface area contributed by atoms with E-state index < -0.39 is 5.97 Å². The SMILES string of the molecule is COc1ccc(F)c(N2CCCC(CC(=O)O)C2)c1. The molecule has 1 aliphatic heterocycles. The number of hydrogen-bond acceptors (Lipinski definition) is 3. The Balaban J connectivity index is 2.14. The molecule has 1 aromatic carbocycles. The van der Waals surface area contributed by atoms with E-state index in [9.17, 15) is 9.18 Å². The van der Waals surface area contributed by atoms with E-state index in [0.717, 1.165) is 19.4 Å². The first-order chi connectivity index (χ1) is 9.10. The van der Waals surface area contributed by atoms with Gasteiger partial charge in [0, 0.05) is 25.6 Å². The molecule has 0 saturated carbocycles. The third-order valence-corrected chi connectivity index (χ3v) is 3.48. The zero-order valence-corrected chi connectivity index (χ0v) is 10.9. The molecule has 2 rings (SSSR count). The number of nitrogens with zero attached hydrogens (tertiary/aromatic N) is 1. The highest BCUT2D eigenvalue weighted by molar-refractivity contribution is 5.67. The van der Waals surface area contributed by atoms with Crippen LogP contribution in [0.4, 0.5) is 10.1 Å². The number of halogens is 1. The van der Waals surface area contributed by atoms with E-state index in [1.165, 1.54) is 6.07 Å². The van der Waals surface area contributed by atoms with Crippen LogP contribution in [0.15, 0.2) is 18.2 Å². The van der Waals surface area contributed by atoms with Crippen molar-refractivity contribution in [3.05, 3.63) is 24.0 Å². The molecule has 0 spiro atoms. The summed E-state index contributed by atoms with van der Waals surface area (Å²) in [4.78, 5) is 12.7. The first-order valence-corrected chi connectivity index (χ1v) is 6.40. The van der Waals surface area contributed by atoms with Gasteiger partial charge in [-0.3, -0.25) is 4.79 Å². The average molecular weight is 267 g/mol. The number of piperidine rings is 1. The fourth-order valence-corrected chi connectivity index (χ4v) is 2.56. The second-order valence-corrected chi connectivity index (χ2v) is 4.87. The summed E-state index contributed by atoms with van der Waals surface area (Å²) in [6.07, 6.45) is 1.91. The lowest BCUT2D eigenvalue weighted by Gasteiger charge is -2.34. The molecular weight excluding hydrogens is 249 g/mol. The van der Waals surface area contributed by atoms with Crippen LogP contribution in [0.25, 0.3) is 0 Å². The van der Waals surface area contributed by atoms with Crippen LogP contribution in [0.3, 0.4) is 0 Å². The van der Waals surface area contributed by atoms with Gasteiger partial charge in [-0.2, -0.15) is 0 Å². The summed E-state index contributed by atoms with van der Waals surface area (Å²) in [6.45, 7) is 1.33. The van der Waals surface area contributed by atoms with Crippen LogP contribution in [0, 0.1) is 11.7 Å². The number of methoxy groups -OCH3 is 1. The van der Waals surface area contributed by atoms with Crippen molar-refractivity contribution in [3.8, 4) is 5.75 Å². The van der Waals surface area contributed by atoms with E-state index in [1.807, 2.05) is 4.90 Å². The molecule has 5 heteroatoms. The van der Waals surface area contributed by atoms with Gasteiger partial charge < -0.3 is 14.7 Å². The highest BCUT2D eigenvalue weighted by Crippen LogP contribution is 2.29. The van der Waals surface area contributed by atoms with Crippen molar-refractivity contribution < 1.29 is 19.0 Å². The quantitative estimate of drug-likeness (QED) is 0.910. The summed E-state index contributed by atoms with van der Waals surface area (Å²) in [7, 11) is 1.54. The molecular formula is C14H18FNO3. The Kier molecular flexibility index (Phi) is 4.24. The lowest BCUT2D eigenvalue weighted by atomic mass is 9.94. The molecule has 104 valence electrons. The summed E-state index contributed by atoms with van der Waals surface area (Å²) in [5.74, 6) is -0.400. The lowest BCUT2D eigenvalue weighted by molar-refractivity contribution is -0.138. The summed E-state index contributed by atoms with van der Waals surface area (Å²) < 4.78 is 19.0. The van der Waals surface area contributed by atoms with Crippen molar-refractivity contribution in [2.24, 2.45) is 5.92 Å². The van der Waals surface area contributed by atoms with Gasteiger partial charge in [0.25, 0.3) is 0 Å². The topological polar surface area (TPSA) is 49.8 Å². The van der Waals surface area contributed by atoms with Crippen molar-refractivity contribution in [2.75, 3.05) is 25.1 Å². The van der Waals surface area contributed by atoms with Gasteiger partial charge in [0.15, 0.2) is 0 Å². The summed E-state index contributed by atoms with van der Waals surface area (Å²) in [5, 5.41) is 8.85. The molecule has 1 atom stereocenters. The molecule has 0 radical (unpaired) electrons. The Bertz CT molecular complexity index is 464. The predicted molar refractivity (Wildman–Crippen MR) is 70.1 cm³/mol. The van der Waals surface area contributed by atoms with Crippen LogP contribution in [-0.2, 0) is 4.79 Å². The number of hydrogen-bond donors (Lipinski definition) is 1. The summed E-state index contributed by atoms with van der Waals surface area (Å²) in [5.41, 5.74) is 0.495. The van der Waals surface area contributed by atoms with Gasteiger partial charge in [0.1, 0.15) is 11.6 Å². The number of carbonyl (C=O) groups is 1. The maximum Gasteiger partial charge on any atom is 0.303 e. The minimum Gasteiger partial charge on any atom is -0.497 e. The maximum atomic E-state index is 13.9. The van der Waals surface area contributed by atoms with E-state index in [1.54, 1.807) is 19.2 Å². The van der Waals surface area contributed by atoms with Crippen LogP contribution >= 0.6 is 0 Å². The molecule has 1 heterocycles. The molecule has 0 amide bonds. The van der Waals surface area contributed by atoms with E-state index in [2.05, 4.69) is 0 Å². The van der Waals surface area contributed by atoms with Gasteiger partial charge in [-0.15, -0.1) is 0 Å². The Morgan fingerprint density at radius 3 is 3.05 bits per heavy atom. The van der Waals surface area contributed by atoms with Crippen LogP contribution < -0.4 is 9.64 Å². The number of benzene rings is 1. The fraction of sp³-hybridized carbons (Fsp3) is 0.500. The highest BCUT2D eigenvalue weighted by atomic mass is 19.1. The average Bonchev–Trinajstić information content (AvgIpc) is 2.39. The van der Waals surface area contributed by atoms with Crippen LogP contribution in [0.1, 0.15) is 19.3 Å². The Morgan fingerprint density at radius 2 is 2.37 bits per heavy atom. The van der Waals surface area contributed by atoms with E-state index in [-0.39, 0.29) is 18.2 Å². The fourth-order valence-electron chi connectivity index (χ4n) is 2.56. The number of anilines is 1. The minimum absolute atomic E-state index is 0.0804. The molecule has 19 heavy (non-hydrogen) atoms. The van der Waals surface area contributed by atoms with E-state index in [4.69, 9.17) is 9.84 Å². The molecule has 0 aliphatic carbocycles. The third kappa shape index (κ3) is 3.36. The molecule has 0 aromatic heterocycles. The van der Waals surface area contributed by atoms with Gasteiger partial charge in [-0.05, 0) is 30.9 Å². The van der Waals surface area contributed by atoms with Crippen LogP contribution in [0.2, 0.25) is 0 Å². The molecule has 1 saturated heterocycles. The van der Waals surface area contributed by atoms with Crippen molar-refractivity contribution >= 4 is 11.7 Å². The normalized spacial score (nSPS) is 19.3. The molecule has 1 fully saturated rings.